The van der Waals surface area contributed by atoms with Gasteiger partial charge in [-0.25, -0.2) is 13.1 Å². The van der Waals surface area contributed by atoms with E-state index in [0.717, 1.165) is 38.6 Å². The van der Waals surface area contributed by atoms with Crippen molar-refractivity contribution < 1.29 is 8.42 Å². The average Bonchev–Trinajstić information content (AvgIpc) is 2.27. The summed E-state index contributed by atoms with van der Waals surface area (Å²) in [6.45, 7) is 5.42. The van der Waals surface area contributed by atoms with Crippen LogP contribution in [-0.4, -0.2) is 32.8 Å². The predicted molar refractivity (Wildman–Crippen MR) is 78.6 cm³/mol. The van der Waals surface area contributed by atoms with Crippen molar-refractivity contribution in [3.63, 3.8) is 0 Å². The van der Waals surface area contributed by atoms with E-state index in [2.05, 4.69) is 23.9 Å². The zero-order valence-electron chi connectivity index (χ0n) is 12.2. The van der Waals surface area contributed by atoms with Crippen molar-refractivity contribution in [1.82, 2.24) is 10.0 Å². The molecular formula is C14H28N2O2S. The molecule has 0 aromatic rings. The highest BCUT2D eigenvalue weighted by atomic mass is 32.2. The molecule has 1 saturated carbocycles. The van der Waals surface area contributed by atoms with Crippen LogP contribution in [0.5, 0.6) is 0 Å². The van der Waals surface area contributed by atoms with Crippen LogP contribution in [0, 0.1) is 5.41 Å². The van der Waals surface area contributed by atoms with E-state index in [1.807, 2.05) is 0 Å². The molecule has 2 rings (SSSR count). The van der Waals surface area contributed by atoms with Gasteiger partial charge in [-0.3, -0.25) is 0 Å². The van der Waals surface area contributed by atoms with E-state index in [1.165, 1.54) is 12.8 Å². The Balaban J connectivity index is 1.86. The maximum atomic E-state index is 12.2. The first-order valence-electron chi connectivity index (χ1n) is 7.60. The molecule has 4 nitrogen and oxygen atoms in total. The molecule has 0 bridgehead atoms. The van der Waals surface area contributed by atoms with Gasteiger partial charge in [0.25, 0.3) is 0 Å². The smallest absolute Gasteiger partial charge is 0.213 e. The second-order valence-electron chi connectivity index (χ2n) is 7.00. The summed E-state index contributed by atoms with van der Waals surface area (Å²) in [4.78, 5) is 0. The number of piperidine rings is 1. The van der Waals surface area contributed by atoms with Gasteiger partial charge in [0.2, 0.25) is 10.0 Å². The van der Waals surface area contributed by atoms with Crippen molar-refractivity contribution >= 4 is 10.0 Å². The molecule has 0 radical (unpaired) electrons. The fourth-order valence-electron chi connectivity index (χ4n) is 3.43. The zero-order valence-corrected chi connectivity index (χ0v) is 13.1. The molecule has 1 saturated heterocycles. The highest BCUT2D eigenvalue weighted by Gasteiger charge is 2.31. The Labute approximate surface area is 117 Å². The summed E-state index contributed by atoms with van der Waals surface area (Å²) in [5.74, 6) is 0.240. The average molecular weight is 288 g/mol. The van der Waals surface area contributed by atoms with Gasteiger partial charge in [-0.1, -0.05) is 26.7 Å². The lowest BCUT2D eigenvalue weighted by molar-refractivity contribution is 0.212. The van der Waals surface area contributed by atoms with Crippen molar-refractivity contribution in [2.75, 3.05) is 12.3 Å². The molecule has 1 heterocycles. The van der Waals surface area contributed by atoms with Gasteiger partial charge in [0.15, 0.2) is 0 Å². The molecule has 112 valence electrons. The topological polar surface area (TPSA) is 58.2 Å². The third-order valence-electron chi connectivity index (χ3n) is 4.38. The molecule has 5 heteroatoms. The molecule has 2 unspecified atom stereocenters. The highest BCUT2D eigenvalue weighted by Crippen LogP contribution is 2.35. The minimum Gasteiger partial charge on any atom is -0.313 e. The highest BCUT2D eigenvalue weighted by molar-refractivity contribution is 7.89. The van der Waals surface area contributed by atoms with E-state index in [9.17, 15) is 8.42 Å². The van der Waals surface area contributed by atoms with Crippen molar-refractivity contribution in [3.05, 3.63) is 0 Å². The van der Waals surface area contributed by atoms with Crippen molar-refractivity contribution in [3.8, 4) is 0 Å². The summed E-state index contributed by atoms with van der Waals surface area (Å²) >= 11 is 0. The lowest BCUT2D eigenvalue weighted by Gasteiger charge is -2.35. The molecule has 2 fully saturated rings. The summed E-state index contributed by atoms with van der Waals surface area (Å²) in [6, 6.07) is 0.278. The van der Waals surface area contributed by atoms with E-state index in [-0.39, 0.29) is 23.3 Å². The molecule has 2 aliphatic rings. The molecule has 0 spiro atoms. The Kier molecular flexibility index (Phi) is 4.90. The SMILES string of the molecule is CC1(C)CCCC(NS(=O)(=O)CC2CCCCN2)C1. The van der Waals surface area contributed by atoms with Crippen molar-refractivity contribution in [2.45, 2.75) is 70.9 Å². The van der Waals surface area contributed by atoms with Crippen molar-refractivity contribution in [1.29, 1.82) is 0 Å². The Hall–Kier alpha value is -0.130. The van der Waals surface area contributed by atoms with Crippen LogP contribution in [0.1, 0.15) is 58.8 Å². The Morgan fingerprint density at radius 3 is 2.63 bits per heavy atom. The van der Waals surface area contributed by atoms with E-state index in [0.29, 0.717) is 0 Å². The first-order chi connectivity index (χ1) is 8.86. The number of sulfonamides is 1. The van der Waals surface area contributed by atoms with Gasteiger partial charge in [0, 0.05) is 12.1 Å². The van der Waals surface area contributed by atoms with Crippen LogP contribution in [-0.2, 0) is 10.0 Å². The molecule has 1 aliphatic heterocycles. The normalized spacial score (nSPS) is 32.1. The van der Waals surface area contributed by atoms with Gasteiger partial charge in [-0.15, -0.1) is 0 Å². The molecule has 0 aromatic carbocycles. The van der Waals surface area contributed by atoms with Crippen LogP contribution < -0.4 is 10.0 Å². The lowest BCUT2D eigenvalue weighted by Crippen LogP contribution is -2.46. The number of nitrogens with one attached hydrogen (secondary N) is 2. The molecule has 2 N–H and O–H groups in total. The van der Waals surface area contributed by atoms with Gasteiger partial charge in [-0.2, -0.15) is 0 Å². The minimum atomic E-state index is -3.14. The van der Waals surface area contributed by atoms with E-state index in [4.69, 9.17) is 0 Å². The third kappa shape index (κ3) is 5.04. The van der Waals surface area contributed by atoms with E-state index >= 15 is 0 Å². The monoisotopic (exact) mass is 288 g/mol. The molecule has 2 atom stereocenters. The summed E-state index contributed by atoms with van der Waals surface area (Å²) in [6.07, 6.45) is 7.57. The fourth-order valence-corrected chi connectivity index (χ4v) is 5.05. The van der Waals surface area contributed by atoms with Gasteiger partial charge < -0.3 is 5.32 Å². The number of hydrogen-bond donors (Lipinski definition) is 2. The van der Waals surface area contributed by atoms with Gasteiger partial charge in [-0.05, 0) is 44.1 Å². The second kappa shape index (κ2) is 6.10. The molecule has 0 amide bonds. The second-order valence-corrected chi connectivity index (χ2v) is 8.80. The quantitative estimate of drug-likeness (QED) is 0.832. The van der Waals surface area contributed by atoms with Crippen LogP contribution >= 0.6 is 0 Å². The van der Waals surface area contributed by atoms with E-state index in [1.54, 1.807) is 0 Å². The Morgan fingerprint density at radius 1 is 1.21 bits per heavy atom. The standard InChI is InChI=1S/C14H28N2O2S/c1-14(2)8-5-7-12(10-14)16-19(17,18)11-13-6-3-4-9-15-13/h12-13,15-16H,3-11H2,1-2H3. The molecular weight excluding hydrogens is 260 g/mol. The van der Waals surface area contributed by atoms with Crippen LogP contribution in [0.2, 0.25) is 0 Å². The zero-order chi connectivity index (χ0) is 13.9. The summed E-state index contributed by atoms with van der Waals surface area (Å²) in [5, 5.41) is 3.31. The Morgan fingerprint density at radius 2 is 2.00 bits per heavy atom. The van der Waals surface area contributed by atoms with Crippen LogP contribution in [0.25, 0.3) is 0 Å². The Bertz CT molecular complexity index is 386. The summed E-state index contributed by atoms with van der Waals surface area (Å²) < 4.78 is 27.4. The van der Waals surface area contributed by atoms with Gasteiger partial charge in [0.1, 0.15) is 0 Å². The largest absolute Gasteiger partial charge is 0.313 e. The van der Waals surface area contributed by atoms with Crippen LogP contribution in [0.15, 0.2) is 0 Å². The maximum Gasteiger partial charge on any atom is 0.213 e. The third-order valence-corrected chi connectivity index (χ3v) is 5.92. The van der Waals surface area contributed by atoms with Crippen LogP contribution in [0.4, 0.5) is 0 Å². The van der Waals surface area contributed by atoms with Gasteiger partial charge >= 0.3 is 0 Å². The first kappa shape index (κ1) is 15.3. The predicted octanol–water partition coefficient (Wildman–Crippen LogP) is 2.02. The molecule has 0 aromatic heterocycles. The minimum absolute atomic E-state index is 0.136. The summed E-state index contributed by atoms with van der Waals surface area (Å²) in [5.41, 5.74) is 0.272. The fraction of sp³-hybridized carbons (Fsp3) is 1.00. The number of rotatable bonds is 4. The van der Waals surface area contributed by atoms with Crippen molar-refractivity contribution in [2.24, 2.45) is 5.41 Å². The first-order valence-corrected chi connectivity index (χ1v) is 9.25. The van der Waals surface area contributed by atoms with Gasteiger partial charge in [0.05, 0.1) is 5.75 Å². The summed E-state index contributed by atoms with van der Waals surface area (Å²) in [7, 11) is -3.14. The van der Waals surface area contributed by atoms with E-state index < -0.39 is 10.0 Å². The molecule has 19 heavy (non-hydrogen) atoms. The molecule has 1 aliphatic carbocycles. The van der Waals surface area contributed by atoms with Crippen LogP contribution in [0.3, 0.4) is 0 Å². The maximum absolute atomic E-state index is 12.2. The lowest BCUT2D eigenvalue weighted by atomic mass is 9.75. The number of hydrogen-bond acceptors (Lipinski definition) is 3.